The molecular formula is C11H18N2O3. The van der Waals surface area contributed by atoms with Crippen LogP contribution in [0.15, 0.2) is 12.2 Å². The Hall–Kier alpha value is -1.52. The smallest absolute Gasteiger partial charge is 0.326 e. The number of carbonyl (C=O) groups excluding carboxylic acids is 1. The maximum Gasteiger partial charge on any atom is 0.326 e. The van der Waals surface area contributed by atoms with Crippen LogP contribution in [-0.4, -0.2) is 29.2 Å². The van der Waals surface area contributed by atoms with E-state index in [1.54, 1.807) is 0 Å². The van der Waals surface area contributed by atoms with Crippen LogP contribution in [0.2, 0.25) is 0 Å². The van der Waals surface area contributed by atoms with Crippen LogP contribution in [0.4, 0.5) is 4.79 Å². The Morgan fingerprint density at radius 2 is 2.06 bits per heavy atom. The van der Waals surface area contributed by atoms with Crippen LogP contribution in [0.25, 0.3) is 0 Å². The lowest BCUT2D eigenvalue weighted by molar-refractivity contribution is -0.139. The molecule has 0 spiro atoms. The summed E-state index contributed by atoms with van der Waals surface area (Å²) in [7, 11) is 0. The quantitative estimate of drug-likeness (QED) is 0.617. The summed E-state index contributed by atoms with van der Waals surface area (Å²) in [5.74, 6) is -0.985. The monoisotopic (exact) mass is 226 g/mol. The minimum atomic E-state index is -0.985. The first kappa shape index (κ1) is 12.5. The lowest BCUT2D eigenvalue weighted by Gasteiger charge is -2.17. The normalized spacial score (nSPS) is 17.1. The average molecular weight is 226 g/mol. The zero-order valence-corrected chi connectivity index (χ0v) is 9.40. The molecule has 2 amide bonds. The van der Waals surface area contributed by atoms with Crippen molar-refractivity contribution in [2.75, 3.05) is 0 Å². The molecule has 5 heteroatoms. The molecular weight excluding hydrogens is 208 g/mol. The highest BCUT2D eigenvalue weighted by molar-refractivity contribution is 5.82. The molecule has 0 unspecified atom stereocenters. The Bertz CT molecular complexity index is 281. The third kappa shape index (κ3) is 3.92. The Labute approximate surface area is 94.9 Å². The van der Waals surface area contributed by atoms with Gasteiger partial charge in [-0.2, -0.15) is 0 Å². The van der Waals surface area contributed by atoms with E-state index in [0.29, 0.717) is 6.42 Å². The van der Waals surface area contributed by atoms with Gasteiger partial charge >= 0.3 is 12.0 Å². The van der Waals surface area contributed by atoms with E-state index < -0.39 is 18.0 Å². The van der Waals surface area contributed by atoms with Gasteiger partial charge in [0.1, 0.15) is 6.04 Å². The fourth-order valence-electron chi connectivity index (χ4n) is 1.67. The second-order valence-corrected chi connectivity index (χ2v) is 3.94. The van der Waals surface area contributed by atoms with Crippen LogP contribution < -0.4 is 10.6 Å². The Morgan fingerprint density at radius 3 is 2.56 bits per heavy atom. The molecule has 0 aromatic carbocycles. The minimum absolute atomic E-state index is 0.107. The molecule has 0 aliphatic heterocycles. The predicted octanol–water partition coefficient (Wildman–Crippen LogP) is 1.26. The maximum absolute atomic E-state index is 11.5. The van der Waals surface area contributed by atoms with Crippen molar-refractivity contribution >= 4 is 12.0 Å². The van der Waals surface area contributed by atoms with Crippen LogP contribution in [0, 0.1) is 0 Å². The van der Waals surface area contributed by atoms with Crippen LogP contribution in [0.5, 0.6) is 0 Å². The van der Waals surface area contributed by atoms with Gasteiger partial charge in [-0.05, 0) is 19.3 Å². The molecule has 1 rings (SSSR count). The molecule has 0 bridgehead atoms. The molecule has 1 atom stereocenters. The number of carboxylic acids is 1. The molecule has 3 N–H and O–H groups in total. The molecule has 1 aliphatic carbocycles. The second kappa shape index (κ2) is 6.15. The highest BCUT2D eigenvalue weighted by Gasteiger charge is 2.20. The predicted molar refractivity (Wildman–Crippen MR) is 60.2 cm³/mol. The summed E-state index contributed by atoms with van der Waals surface area (Å²) in [6, 6.07) is -1.08. The molecule has 0 saturated heterocycles. The molecule has 16 heavy (non-hydrogen) atoms. The van der Waals surface area contributed by atoms with E-state index in [4.69, 9.17) is 5.11 Å². The summed E-state index contributed by atoms with van der Waals surface area (Å²) in [5, 5.41) is 14.1. The molecule has 0 radical (unpaired) electrons. The van der Waals surface area contributed by atoms with Gasteiger partial charge < -0.3 is 15.7 Å². The lowest BCUT2D eigenvalue weighted by atomic mass is 10.2. The average Bonchev–Trinajstić information content (AvgIpc) is 2.69. The van der Waals surface area contributed by atoms with Gasteiger partial charge in [-0.15, -0.1) is 0 Å². The molecule has 0 aromatic rings. The summed E-state index contributed by atoms with van der Waals surface area (Å²) >= 11 is 0. The lowest BCUT2D eigenvalue weighted by Crippen LogP contribution is -2.48. The van der Waals surface area contributed by atoms with Gasteiger partial charge in [0, 0.05) is 6.04 Å². The Balaban J connectivity index is 2.32. The molecule has 0 aromatic heterocycles. The number of carboxylic acid groups (broad SMARTS) is 1. The number of nitrogens with one attached hydrogen (secondary N) is 2. The minimum Gasteiger partial charge on any atom is -0.480 e. The SMILES string of the molecule is CCC[C@H](NC(=O)NC1CC=CC1)C(=O)O. The van der Waals surface area contributed by atoms with Crippen molar-refractivity contribution in [3.8, 4) is 0 Å². The second-order valence-electron chi connectivity index (χ2n) is 3.94. The van der Waals surface area contributed by atoms with Crippen LogP contribution in [0.3, 0.4) is 0 Å². The van der Waals surface area contributed by atoms with Gasteiger partial charge in [-0.25, -0.2) is 9.59 Å². The summed E-state index contributed by atoms with van der Waals surface area (Å²) < 4.78 is 0. The number of rotatable bonds is 5. The van der Waals surface area contributed by atoms with Crippen molar-refractivity contribution < 1.29 is 14.7 Å². The van der Waals surface area contributed by atoms with E-state index in [-0.39, 0.29) is 6.04 Å². The zero-order chi connectivity index (χ0) is 12.0. The summed E-state index contributed by atoms with van der Waals surface area (Å²) in [6.07, 6.45) is 6.82. The van der Waals surface area contributed by atoms with Crippen molar-refractivity contribution in [1.82, 2.24) is 10.6 Å². The Morgan fingerprint density at radius 1 is 1.44 bits per heavy atom. The molecule has 0 saturated carbocycles. The number of hydrogen-bond donors (Lipinski definition) is 3. The van der Waals surface area contributed by atoms with E-state index in [9.17, 15) is 9.59 Å². The van der Waals surface area contributed by atoms with Crippen LogP contribution in [-0.2, 0) is 4.79 Å². The standard InChI is InChI=1S/C11H18N2O3/c1-2-5-9(10(14)15)13-11(16)12-8-6-3-4-7-8/h3-4,8-9H,2,5-7H2,1H3,(H,14,15)(H2,12,13,16)/t9-/m0/s1. The topological polar surface area (TPSA) is 78.4 Å². The van der Waals surface area contributed by atoms with E-state index in [2.05, 4.69) is 10.6 Å². The molecule has 1 aliphatic rings. The number of amides is 2. The number of urea groups is 1. The van der Waals surface area contributed by atoms with Crippen molar-refractivity contribution in [2.24, 2.45) is 0 Å². The van der Waals surface area contributed by atoms with Crippen LogP contribution in [0.1, 0.15) is 32.6 Å². The highest BCUT2D eigenvalue weighted by Crippen LogP contribution is 2.08. The fourth-order valence-corrected chi connectivity index (χ4v) is 1.67. The number of carbonyl (C=O) groups is 2. The Kier molecular flexibility index (Phi) is 4.82. The van der Waals surface area contributed by atoms with Gasteiger partial charge in [-0.3, -0.25) is 0 Å². The molecule has 90 valence electrons. The van der Waals surface area contributed by atoms with Crippen molar-refractivity contribution in [2.45, 2.75) is 44.7 Å². The van der Waals surface area contributed by atoms with Crippen molar-refractivity contribution in [3.05, 3.63) is 12.2 Å². The first-order valence-corrected chi connectivity index (χ1v) is 5.58. The van der Waals surface area contributed by atoms with Gasteiger partial charge in [0.05, 0.1) is 0 Å². The van der Waals surface area contributed by atoms with Crippen LogP contribution >= 0.6 is 0 Å². The van der Waals surface area contributed by atoms with Gasteiger partial charge in [0.15, 0.2) is 0 Å². The largest absolute Gasteiger partial charge is 0.480 e. The number of hydrogen-bond acceptors (Lipinski definition) is 2. The third-order valence-corrected chi connectivity index (χ3v) is 2.52. The first-order valence-electron chi connectivity index (χ1n) is 5.58. The molecule has 5 nitrogen and oxygen atoms in total. The van der Waals surface area contributed by atoms with Crippen molar-refractivity contribution in [1.29, 1.82) is 0 Å². The third-order valence-electron chi connectivity index (χ3n) is 2.52. The van der Waals surface area contributed by atoms with Gasteiger partial charge in [0.25, 0.3) is 0 Å². The molecule has 0 heterocycles. The maximum atomic E-state index is 11.5. The van der Waals surface area contributed by atoms with Gasteiger partial charge in [-0.1, -0.05) is 25.5 Å². The van der Waals surface area contributed by atoms with E-state index in [1.165, 1.54) is 0 Å². The van der Waals surface area contributed by atoms with E-state index >= 15 is 0 Å². The highest BCUT2D eigenvalue weighted by atomic mass is 16.4. The summed E-state index contributed by atoms with van der Waals surface area (Å²) in [4.78, 5) is 22.3. The zero-order valence-electron chi connectivity index (χ0n) is 9.40. The fraction of sp³-hybridized carbons (Fsp3) is 0.636. The first-order chi connectivity index (χ1) is 7.63. The van der Waals surface area contributed by atoms with Gasteiger partial charge in [0.2, 0.25) is 0 Å². The number of aliphatic carboxylic acids is 1. The molecule has 0 fully saturated rings. The van der Waals surface area contributed by atoms with Crippen molar-refractivity contribution in [3.63, 3.8) is 0 Å². The summed E-state index contributed by atoms with van der Waals surface area (Å²) in [6.45, 7) is 1.89. The van der Waals surface area contributed by atoms with E-state index in [1.807, 2.05) is 19.1 Å². The summed E-state index contributed by atoms with van der Waals surface area (Å²) in [5.41, 5.74) is 0. The van der Waals surface area contributed by atoms with E-state index in [0.717, 1.165) is 19.3 Å².